The summed E-state index contributed by atoms with van der Waals surface area (Å²) >= 11 is 5.13. The van der Waals surface area contributed by atoms with Gasteiger partial charge in [0.05, 0.1) is 26.5 Å². The third-order valence-electron chi connectivity index (χ3n) is 4.53. The molecule has 0 fully saturated rings. The van der Waals surface area contributed by atoms with Gasteiger partial charge < -0.3 is 19.5 Å². The number of ether oxygens (including phenoxy) is 3. The van der Waals surface area contributed by atoms with Crippen molar-refractivity contribution in [2.24, 2.45) is 5.10 Å². The van der Waals surface area contributed by atoms with Gasteiger partial charge >= 0.3 is 0 Å². The van der Waals surface area contributed by atoms with Crippen molar-refractivity contribution in [3.05, 3.63) is 66.2 Å². The fraction of sp³-hybridized carbons (Fsp3) is 0.360. The van der Waals surface area contributed by atoms with Crippen LogP contribution in [0.5, 0.6) is 17.2 Å². The van der Waals surface area contributed by atoms with Crippen LogP contribution in [-0.4, -0.2) is 38.2 Å². The van der Waals surface area contributed by atoms with Crippen LogP contribution in [0, 0.1) is 0 Å². The molecule has 0 radical (unpaired) electrons. The number of methoxy groups -OCH3 is 1. The minimum Gasteiger partial charge on any atom is -0.493 e. The Hall–Kier alpha value is -3.06. The van der Waals surface area contributed by atoms with E-state index < -0.39 is 0 Å². The summed E-state index contributed by atoms with van der Waals surface area (Å²) in [4.78, 5) is 0. The maximum absolute atomic E-state index is 6.00. The summed E-state index contributed by atoms with van der Waals surface area (Å²) in [6, 6.07) is 13.9. The Morgan fingerprint density at radius 3 is 2.47 bits per heavy atom. The van der Waals surface area contributed by atoms with E-state index in [0.29, 0.717) is 36.4 Å². The van der Waals surface area contributed by atoms with Crippen LogP contribution in [0.3, 0.4) is 0 Å². The van der Waals surface area contributed by atoms with Gasteiger partial charge in [0, 0.05) is 18.5 Å². The Labute approximate surface area is 196 Å². The molecule has 2 aromatic carbocycles. The quantitative estimate of drug-likeness (QED) is 0.166. The molecule has 0 atom stereocenters. The van der Waals surface area contributed by atoms with E-state index in [0.717, 1.165) is 17.7 Å². The fourth-order valence-corrected chi connectivity index (χ4v) is 2.92. The highest BCUT2D eigenvalue weighted by atomic mass is 32.1. The highest BCUT2D eigenvalue weighted by Gasteiger charge is 2.13. The molecule has 172 valence electrons. The van der Waals surface area contributed by atoms with Crippen molar-refractivity contribution in [1.29, 1.82) is 0 Å². The number of nitrogens with zero attached hydrogens (tertiary/aromatic N) is 1. The van der Waals surface area contributed by atoms with Crippen molar-refractivity contribution >= 4 is 23.5 Å². The predicted octanol–water partition coefficient (Wildman–Crippen LogP) is 4.82. The number of hydrogen-bond donors (Lipinski definition) is 2. The zero-order chi connectivity index (χ0) is 23.4. The molecule has 0 amide bonds. The predicted molar refractivity (Wildman–Crippen MR) is 135 cm³/mol. The number of rotatable bonds is 11. The van der Waals surface area contributed by atoms with Crippen molar-refractivity contribution in [2.75, 3.05) is 26.9 Å². The van der Waals surface area contributed by atoms with Crippen molar-refractivity contribution in [3.8, 4) is 17.2 Å². The summed E-state index contributed by atoms with van der Waals surface area (Å²) < 4.78 is 17.3. The summed E-state index contributed by atoms with van der Waals surface area (Å²) in [5.74, 6) is 2.12. The number of hydrogen-bond acceptors (Lipinski definition) is 5. The first kappa shape index (κ1) is 25.2. The summed E-state index contributed by atoms with van der Waals surface area (Å²) in [5, 5.41) is 7.53. The van der Waals surface area contributed by atoms with Crippen molar-refractivity contribution in [3.63, 3.8) is 0 Å². The zero-order valence-corrected chi connectivity index (χ0v) is 20.1. The third kappa shape index (κ3) is 8.23. The Balaban J connectivity index is 1.87. The lowest BCUT2D eigenvalue weighted by Crippen LogP contribution is -2.31. The minimum absolute atomic E-state index is 0.130. The fourth-order valence-electron chi connectivity index (χ4n) is 2.79. The molecule has 0 aromatic heterocycles. The van der Waals surface area contributed by atoms with Crippen LogP contribution in [0.15, 0.2) is 60.2 Å². The molecule has 2 rings (SSSR count). The maximum Gasteiger partial charge on any atom is 0.187 e. The Morgan fingerprint density at radius 2 is 1.81 bits per heavy atom. The average molecular weight is 456 g/mol. The molecule has 0 aliphatic heterocycles. The van der Waals surface area contributed by atoms with Crippen molar-refractivity contribution in [2.45, 2.75) is 32.6 Å². The monoisotopic (exact) mass is 455 g/mol. The van der Waals surface area contributed by atoms with E-state index in [2.05, 4.69) is 55.3 Å². The lowest BCUT2D eigenvalue weighted by atomic mass is 9.87. The first-order valence-corrected chi connectivity index (χ1v) is 11.0. The Morgan fingerprint density at radius 1 is 1.09 bits per heavy atom. The van der Waals surface area contributed by atoms with Crippen molar-refractivity contribution < 1.29 is 14.2 Å². The van der Waals surface area contributed by atoms with Gasteiger partial charge in [0.2, 0.25) is 0 Å². The molecule has 32 heavy (non-hydrogen) atoms. The van der Waals surface area contributed by atoms with Crippen LogP contribution in [0.4, 0.5) is 0 Å². The van der Waals surface area contributed by atoms with E-state index in [9.17, 15) is 0 Å². The summed E-state index contributed by atoms with van der Waals surface area (Å²) in [6.07, 6.45) is 4.09. The highest BCUT2D eigenvalue weighted by molar-refractivity contribution is 7.80. The molecular formula is C25H33N3O3S. The van der Waals surface area contributed by atoms with Gasteiger partial charge in [-0.05, 0) is 47.5 Å². The highest BCUT2D eigenvalue weighted by Crippen LogP contribution is 2.30. The van der Waals surface area contributed by atoms with Gasteiger partial charge in [0.15, 0.2) is 16.6 Å². The normalized spacial score (nSPS) is 11.1. The Bertz CT molecular complexity index is 906. The van der Waals surface area contributed by atoms with Gasteiger partial charge in [-0.25, -0.2) is 0 Å². The standard InChI is InChI=1S/C25H33N3O3S/c1-6-15-26-24(32)28-27-18-19-9-7-10-22(29-5)23(19)31-17-8-16-30-21-13-11-20(12-14-21)25(2,3)4/h6-7,9-14,18H,1,8,15-17H2,2-5H3,(H2,26,28,32). The molecule has 0 bridgehead atoms. The molecule has 0 aliphatic rings. The van der Waals surface area contributed by atoms with Crippen LogP contribution in [0.25, 0.3) is 0 Å². The molecular weight excluding hydrogens is 422 g/mol. The van der Waals surface area contributed by atoms with Crippen LogP contribution >= 0.6 is 12.2 Å². The second-order valence-corrected chi connectivity index (χ2v) is 8.48. The smallest absolute Gasteiger partial charge is 0.187 e. The molecule has 0 unspecified atom stereocenters. The number of hydrazone groups is 1. The SMILES string of the molecule is C=CCNC(=S)NN=Cc1cccc(OC)c1OCCCOc1ccc(C(C)(C)C)cc1. The van der Waals surface area contributed by atoms with E-state index in [1.807, 2.05) is 30.3 Å². The van der Waals surface area contributed by atoms with E-state index in [4.69, 9.17) is 26.4 Å². The van der Waals surface area contributed by atoms with E-state index in [1.54, 1.807) is 19.4 Å². The molecule has 7 heteroatoms. The van der Waals surface area contributed by atoms with Gasteiger partial charge in [-0.1, -0.05) is 45.0 Å². The number of nitrogens with one attached hydrogen (secondary N) is 2. The number of benzene rings is 2. The van der Waals surface area contributed by atoms with Crippen LogP contribution in [-0.2, 0) is 5.41 Å². The topological polar surface area (TPSA) is 64.1 Å². The van der Waals surface area contributed by atoms with Gasteiger partial charge in [-0.2, -0.15) is 5.10 Å². The van der Waals surface area contributed by atoms with Crippen LogP contribution in [0.1, 0.15) is 38.3 Å². The van der Waals surface area contributed by atoms with Gasteiger partial charge in [-0.3, -0.25) is 5.43 Å². The zero-order valence-electron chi connectivity index (χ0n) is 19.3. The van der Waals surface area contributed by atoms with E-state index >= 15 is 0 Å². The molecule has 2 N–H and O–H groups in total. The van der Waals surface area contributed by atoms with Crippen LogP contribution in [0.2, 0.25) is 0 Å². The first-order chi connectivity index (χ1) is 15.3. The van der Waals surface area contributed by atoms with Gasteiger partial charge in [0.1, 0.15) is 5.75 Å². The lowest BCUT2D eigenvalue weighted by Gasteiger charge is -2.19. The molecule has 0 spiro atoms. The molecule has 0 aliphatic carbocycles. The van der Waals surface area contributed by atoms with Crippen LogP contribution < -0.4 is 25.0 Å². The molecule has 0 saturated heterocycles. The largest absolute Gasteiger partial charge is 0.493 e. The first-order valence-electron chi connectivity index (χ1n) is 10.6. The molecule has 2 aromatic rings. The molecule has 0 saturated carbocycles. The summed E-state index contributed by atoms with van der Waals surface area (Å²) in [7, 11) is 1.61. The molecule has 6 nitrogen and oxygen atoms in total. The number of thiocarbonyl (C=S) groups is 1. The van der Waals surface area contributed by atoms with Gasteiger partial charge in [0.25, 0.3) is 0 Å². The summed E-state index contributed by atoms with van der Waals surface area (Å²) in [5.41, 5.74) is 4.96. The van der Waals surface area contributed by atoms with E-state index in [-0.39, 0.29) is 5.41 Å². The summed E-state index contributed by atoms with van der Waals surface area (Å²) in [6.45, 7) is 11.8. The second-order valence-electron chi connectivity index (χ2n) is 8.07. The molecule has 0 heterocycles. The Kier molecular flexibility index (Phi) is 10.0. The number of para-hydroxylation sites is 1. The lowest BCUT2D eigenvalue weighted by molar-refractivity contribution is 0.240. The maximum atomic E-state index is 6.00. The third-order valence-corrected chi connectivity index (χ3v) is 4.77. The average Bonchev–Trinajstić information content (AvgIpc) is 2.77. The second kappa shape index (κ2) is 12.7. The minimum atomic E-state index is 0.130. The van der Waals surface area contributed by atoms with Gasteiger partial charge in [-0.15, -0.1) is 6.58 Å². The van der Waals surface area contributed by atoms with Crippen molar-refractivity contribution in [1.82, 2.24) is 10.7 Å². The van der Waals surface area contributed by atoms with E-state index in [1.165, 1.54) is 5.56 Å².